The third-order valence-electron chi connectivity index (χ3n) is 4.23. The van der Waals surface area contributed by atoms with Crippen molar-refractivity contribution >= 4 is 33.3 Å². The van der Waals surface area contributed by atoms with Crippen molar-refractivity contribution in [2.45, 2.75) is 11.1 Å². The van der Waals surface area contributed by atoms with Crippen LogP contribution in [0.15, 0.2) is 88.5 Å². The number of thioether (sulfide) groups is 1. The van der Waals surface area contributed by atoms with Crippen molar-refractivity contribution in [3.05, 3.63) is 89.0 Å². The molecule has 2 aromatic carbocycles. The van der Waals surface area contributed by atoms with Crippen LogP contribution < -0.4 is 5.73 Å². The SMILES string of the molecule is NC(CSc1c(-c2ccc(Br)cc2)nc2ccccn12)c1ccccc1. The van der Waals surface area contributed by atoms with Crippen LogP contribution in [-0.4, -0.2) is 15.1 Å². The summed E-state index contributed by atoms with van der Waals surface area (Å²) in [4.78, 5) is 4.85. The summed E-state index contributed by atoms with van der Waals surface area (Å²) in [6, 6.07) is 24.6. The Balaban J connectivity index is 1.69. The van der Waals surface area contributed by atoms with E-state index >= 15 is 0 Å². The van der Waals surface area contributed by atoms with Crippen LogP contribution in [0.4, 0.5) is 0 Å². The maximum Gasteiger partial charge on any atom is 0.138 e. The van der Waals surface area contributed by atoms with E-state index in [4.69, 9.17) is 10.7 Å². The molecule has 0 aliphatic heterocycles. The Morgan fingerprint density at radius 3 is 2.46 bits per heavy atom. The minimum absolute atomic E-state index is 0.0202. The van der Waals surface area contributed by atoms with Gasteiger partial charge in [-0.2, -0.15) is 0 Å². The van der Waals surface area contributed by atoms with Crippen LogP contribution in [-0.2, 0) is 0 Å². The number of hydrogen-bond acceptors (Lipinski definition) is 3. The lowest BCUT2D eigenvalue weighted by molar-refractivity contribution is 0.829. The standard InChI is InChI=1S/C21H18BrN3S/c22-17-11-9-16(10-12-17)20-21(25-13-5-4-8-19(25)24-20)26-14-18(23)15-6-2-1-3-7-15/h1-13,18H,14,23H2. The van der Waals surface area contributed by atoms with Crippen molar-refractivity contribution in [1.82, 2.24) is 9.38 Å². The molecule has 4 rings (SSSR count). The molecule has 0 bridgehead atoms. The number of nitrogens with two attached hydrogens (primary N) is 1. The van der Waals surface area contributed by atoms with E-state index in [9.17, 15) is 0 Å². The second-order valence-electron chi connectivity index (χ2n) is 6.03. The molecule has 2 heterocycles. The molecule has 0 saturated carbocycles. The summed E-state index contributed by atoms with van der Waals surface area (Å²) in [6.45, 7) is 0. The van der Waals surface area contributed by atoms with Gasteiger partial charge in [0.05, 0.1) is 0 Å². The third-order valence-corrected chi connectivity index (χ3v) is 5.95. The minimum Gasteiger partial charge on any atom is -0.323 e. The number of imidazole rings is 1. The van der Waals surface area contributed by atoms with E-state index in [0.29, 0.717) is 0 Å². The summed E-state index contributed by atoms with van der Waals surface area (Å²) < 4.78 is 3.20. The molecule has 0 aliphatic carbocycles. The quantitative estimate of drug-likeness (QED) is 0.427. The molecule has 0 fully saturated rings. The van der Waals surface area contributed by atoms with Gasteiger partial charge in [0.25, 0.3) is 0 Å². The number of rotatable bonds is 5. The van der Waals surface area contributed by atoms with Crippen LogP contribution in [0, 0.1) is 0 Å². The number of fused-ring (bicyclic) bond motifs is 1. The highest BCUT2D eigenvalue weighted by Gasteiger charge is 2.16. The number of hydrogen-bond donors (Lipinski definition) is 1. The molecule has 26 heavy (non-hydrogen) atoms. The van der Waals surface area contributed by atoms with Crippen LogP contribution in [0.2, 0.25) is 0 Å². The Hall–Kier alpha value is -2.08. The maximum atomic E-state index is 6.41. The van der Waals surface area contributed by atoms with Gasteiger partial charge in [-0.15, -0.1) is 11.8 Å². The largest absolute Gasteiger partial charge is 0.323 e. The van der Waals surface area contributed by atoms with Gasteiger partial charge < -0.3 is 5.73 Å². The lowest BCUT2D eigenvalue weighted by atomic mass is 10.1. The van der Waals surface area contributed by atoms with E-state index in [1.54, 1.807) is 11.8 Å². The Bertz CT molecular complexity index is 1010. The molecule has 1 atom stereocenters. The van der Waals surface area contributed by atoms with E-state index in [1.165, 1.54) is 0 Å². The van der Waals surface area contributed by atoms with Crippen LogP contribution in [0.5, 0.6) is 0 Å². The first-order valence-electron chi connectivity index (χ1n) is 8.39. The van der Waals surface area contributed by atoms with Crippen molar-refractivity contribution in [3.8, 4) is 11.3 Å². The summed E-state index contributed by atoms with van der Waals surface area (Å²) in [5, 5.41) is 1.12. The molecule has 1 unspecified atom stereocenters. The van der Waals surface area contributed by atoms with Crippen molar-refractivity contribution in [1.29, 1.82) is 0 Å². The van der Waals surface area contributed by atoms with Gasteiger partial charge in [0.2, 0.25) is 0 Å². The fourth-order valence-electron chi connectivity index (χ4n) is 2.87. The number of halogens is 1. The summed E-state index contributed by atoms with van der Waals surface area (Å²) in [7, 11) is 0. The number of pyridine rings is 1. The van der Waals surface area contributed by atoms with E-state index in [1.807, 2.05) is 48.5 Å². The lowest BCUT2D eigenvalue weighted by Crippen LogP contribution is -2.12. The molecule has 0 aliphatic rings. The van der Waals surface area contributed by atoms with Gasteiger partial charge in [0, 0.05) is 28.0 Å². The summed E-state index contributed by atoms with van der Waals surface area (Å²) in [6.07, 6.45) is 2.06. The van der Waals surface area contributed by atoms with Crippen molar-refractivity contribution in [3.63, 3.8) is 0 Å². The number of benzene rings is 2. The molecule has 0 saturated heterocycles. The van der Waals surface area contributed by atoms with E-state index in [-0.39, 0.29) is 6.04 Å². The van der Waals surface area contributed by atoms with Gasteiger partial charge >= 0.3 is 0 Å². The second-order valence-corrected chi connectivity index (χ2v) is 7.95. The zero-order valence-electron chi connectivity index (χ0n) is 14.0. The minimum atomic E-state index is -0.0202. The molecule has 5 heteroatoms. The van der Waals surface area contributed by atoms with Gasteiger partial charge in [0.15, 0.2) is 0 Å². The average molecular weight is 424 g/mol. The molecule has 0 radical (unpaired) electrons. The highest BCUT2D eigenvalue weighted by molar-refractivity contribution is 9.10. The summed E-state index contributed by atoms with van der Waals surface area (Å²) >= 11 is 5.25. The summed E-state index contributed by atoms with van der Waals surface area (Å²) in [5.41, 5.74) is 10.6. The molecule has 130 valence electrons. The summed E-state index contributed by atoms with van der Waals surface area (Å²) in [5.74, 6) is 0.788. The van der Waals surface area contributed by atoms with E-state index in [2.05, 4.69) is 50.8 Å². The van der Waals surface area contributed by atoms with Crippen LogP contribution in [0.25, 0.3) is 16.9 Å². The van der Waals surface area contributed by atoms with Gasteiger partial charge in [-0.25, -0.2) is 4.98 Å². The van der Waals surface area contributed by atoms with Gasteiger partial charge in [-0.3, -0.25) is 4.40 Å². The topological polar surface area (TPSA) is 43.3 Å². The Kier molecular flexibility index (Phi) is 5.11. The Morgan fingerprint density at radius 1 is 0.962 bits per heavy atom. The lowest BCUT2D eigenvalue weighted by Gasteiger charge is -2.12. The fourth-order valence-corrected chi connectivity index (χ4v) is 4.26. The highest BCUT2D eigenvalue weighted by atomic mass is 79.9. The maximum absolute atomic E-state index is 6.41. The second kappa shape index (κ2) is 7.66. The molecule has 3 nitrogen and oxygen atoms in total. The van der Waals surface area contributed by atoms with Gasteiger partial charge in [-0.05, 0) is 29.8 Å². The van der Waals surface area contributed by atoms with Crippen molar-refractivity contribution < 1.29 is 0 Å². The molecule has 4 aromatic rings. The first kappa shape index (κ1) is 17.3. The highest BCUT2D eigenvalue weighted by Crippen LogP contribution is 2.34. The zero-order chi connectivity index (χ0) is 17.9. The smallest absolute Gasteiger partial charge is 0.138 e. The Labute approximate surface area is 165 Å². The predicted octanol–water partition coefficient (Wildman–Crippen LogP) is 5.56. The predicted molar refractivity (Wildman–Crippen MR) is 112 cm³/mol. The first-order valence-corrected chi connectivity index (χ1v) is 10.2. The van der Waals surface area contributed by atoms with Gasteiger partial charge in [-0.1, -0.05) is 64.5 Å². The normalized spacial score (nSPS) is 12.4. The fraction of sp³-hybridized carbons (Fsp3) is 0.0952. The monoisotopic (exact) mass is 423 g/mol. The molecule has 0 amide bonds. The van der Waals surface area contributed by atoms with Gasteiger partial charge in [0.1, 0.15) is 16.4 Å². The Morgan fingerprint density at radius 2 is 1.69 bits per heavy atom. The molecule has 2 aromatic heterocycles. The van der Waals surface area contributed by atoms with Crippen LogP contribution >= 0.6 is 27.7 Å². The number of nitrogens with zero attached hydrogens (tertiary/aromatic N) is 2. The first-order chi connectivity index (χ1) is 12.7. The molecule has 2 N–H and O–H groups in total. The van der Waals surface area contributed by atoms with Crippen LogP contribution in [0.1, 0.15) is 11.6 Å². The molecular weight excluding hydrogens is 406 g/mol. The van der Waals surface area contributed by atoms with Crippen molar-refractivity contribution in [2.24, 2.45) is 5.73 Å². The van der Waals surface area contributed by atoms with Crippen LogP contribution in [0.3, 0.4) is 0 Å². The van der Waals surface area contributed by atoms with E-state index < -0.39 is 0 Å². The van der Waals surface area contributed by atoms with Crippen molar-refractivity contribution in [2.75, 3.05) is 5.75 Å². The number of aromatic nitrogens is 2. The third kappa shape index (κ3) is 3.56. The average Bonchev–Trinajstić information content (AvgIpc) is 3.06. The van der Waals surface area contributed by atoms with E-state index in [0.717, 1.165) is 37.7 Å². The molecule has 0 spiro atoms. The molecular formula is C21H18BrN3S. The zero-order valence-corrected chi connectivity index (χ0v) is 16.5.